The summed E-state index contributed by atoms with van der Waals surface area (Å²) >= 11 is 0. The molecule has 1 aliphatic heterocycles. The zero-order valence-electron chi connectivity index (χ0n) is 13.7. The first-order valence-corrected chi connectivity index (χ1v) is 8.10. The molecule has 1 unspecified atom stereocenters. The summed E-state index contributed by atoms with van der Waals surface area (Å²) in [5, 5.41) is 9.79. The maximum absolute atomic E-state index is 12.8. The Labute approximate surface area is 136 Å². The van der Waals surface area contributed by atoms with Gasteiger partial charge in [-0.1, -0.05) is 6.07 Å². The molecule has 0 radical (unpaired) electrons. The van der Waals surface area contributed by atoms with Crippen LogP contribution in [-0.2, 0) is 6.54 Å². The number of rotatable bonds is 3. The monoisotopic (exact) mass is 313 g/mol. The Hall–Kier alpha value is -2.14. The predicted octanol–water partition coefficient (Wildman–Crippen LogP) is 2.15. The molecule has 5 heteroatoms. The third-order valence-corrected chi connectivity index (χ3v) is 4.53. The van der Waals surface area contributed by atoms with E-state index in [0.717, 1.165) is 42.0 Å². The van der Waals surface area contributed by atoms with Gasteiger partial charge in [-0.3, -0.25) is 9.78 Å². The van der Waals surface area contributed by atoms with Gasteiger partial charge in [0.25, 0.3) is 5.91 Å². The van der Waals surface area contributed by atoms with Crippen LogP contribution >= 0.6 is 0 Å². The number of nitrogens with zero attached hydrogens (tertiary/aromatic N) is 3. The molecule has 3 rings (SSSR count). The molecule has 1 N–H and O–H groups in total. The highest BCUT2D eigenvalue weighted by Crippen LogP contribution is 2.20. The Bertz CT molecular complexity index is 694. The van der Waals surface area contributed by atoms with Gasteiger partial charge in [0, 0.05) is 30.7 Å². The van der Waals surface area contributed by atoms with Crippen LogP contribution in [-0.4, -0.2) is 44.7 Å². The van der Waals surface area contributed by atoms with E-state index in [2.05, 4.69) is 9.55 Å². The molecule has 1 amide bonds. The quantitative estimate of drug-likeness (QED) is 0.944. The third kappa shape index (κ3) is 3.29. The first kappa shape index (κ1) is 15.7. The van der Waals surface area contributed by atoms with Crippen molar-refractivity contribution in [2.45, 2.75) is 39.3 Å². The molecule has 1 atom stereocenters. The minimum absolute atomic E-state index is 0.0177. The summed E-state index contributed by atoms with van der Waals surface area (Å²) in [6, 6.07) is 7.80. The molecule has 0 spiro atoms. The normalized spacial score (nSPS) is 18.2. The highest BCUT2D eigenvalue weighted by molar-refractivity contribution is 5.95. The van der Waals surface area contributed by atoms with Crippen molar-refractivity contribution in [3.63, 3.8) is 0 Å². The lowest BCUT2D eigenvalue weighted by atomic mass is 10.1. The first-order valence-electron chi connectivity index (χ1n) is 8.10. The van der Waals surface area contributed by atoms with Crippen molar-refractivity contribution in [2.75, 3.05) is 13.1 Å². The third-order valence-electron chi connectivity index (χ3n) is 4.53. The van der Waals surface area contributed by atoms with Crippen molar-refractivity contribution in [3.05, 3.63) is 53.1 Å². The molecular weight excluding hydrogens is 290 g/mol. The number of aryl methyl sites for hydroxylation is 1. The van der Waals surface area contributed by atoms with E-state index in [0.29, 0.717) is 13.1 Å². The summed E-state index contributed by atoms with van der Waals surface area (Å²) in [5.41, 5.74) is 3.71. The molecule has 5 nitrogen and oxygen atoms in total. The van der Waals surface area contributed by atoms with E-state index in [9.17, 15) is 9.90 Å². The number of likely N-dealkylation sites (tertiary alicyclic amines) is 1. The van der Waals surface area contributed by atoms with E-state index < -0.39 is 6.10 Å². The molecule has 122 valence electrons. The van der Waals surface area contributed by atoms with Gasteiger partial charge in [0.2, 0.25) is 0 Å². The van der Waals surface area contributed by atoms with Gasteiger partial charge in [-0.05, 0) is 44.9 Å². The van der Waals surface area contributed by atoms with Crippen LogP contribution in [0.2, 0.25) is 0 Å². The zero-order chi connectivity index (χ0) is 16.4. The van der Waals surface area contributed by atoms with Gasteiger partial charge in [0.1, 0.15) is 0 Å². The summed E-state index contributed by atoms with van der Waals surface area (Å²) in [6.45, 7) is 5.80. The van der Waals surface area contributed by atoms with Crippen LogP contribution in [0.1, 0.15) is 40.3 Å². The van der Waals surface area contributed by atoms with Gasteiger partial charge in [-0.15, -0.1) is 0 Å². The fourth-order valence-electron chi connectivity index (χ4n) is 3.22. The lowest BCUT2D eigenvalue weighted by molar-refractivity contribution is 0.0473. The fraction of sp³-hybridized carbons (Fsp3) is 0.444. The van der Waals surface area contributed by atoms with Crippen LogP contribution in [0.15, 0.2) is 30.5 Å². The molecule has 0 aliphatic carbocycles. The van der Waals surface area contributed by atoms with E-state index in [-0.39, 0.29) is 5.91 Å². The lowest BCUT2D eigenvalue weighted by Gasteiger charge is -2.30. The van der Waals surface area contributed by atoms with Gasteiger partial charge in [0.15, 0.2) is 0 Å². The Morgan fingerprint density at radius 2 is 2.22 bits per heavy atom. The number of aliphatic hydroxyl groups excluding tert-OH is 1. The van der Waals surface area contributed by atoms with Crippen LogP contribution in [0.5, 0.6) is 0 Å². The molecule has 0 aromatic carbocycles. The number of carbonyl (C=O) groups excluding carboxylic acids is 1. The van der Waals surface area contributed by atoms with Crippen LogP contribution in [0.3, 0.4) is 0 Å². The van der Waals surface area contributed by atoms with Crippen LogP contribution in [0, 0.1) is 13.8 Å². The number of pyridine rings is 1. The van der Waals surface area contributed by atoms with Crippen molar-refractivity contribution < 1.29 is 9.90 Å². The Balaban J connectivity index is 1.84. The minimum Gasteiger partial charge on any atom is -0.391 e. The molecule has 2 aromatic rings. The average Bonchev–Trinajstić information content (AvgIpc) is 2.83. The second-order valence-electron chi connectivity index (χ2n) is 6.24. The summed E-state index contributed by atoms with van der Waals surface area (Å²) in [7, 11) is 0. The number of hydrogen-bond acceptors (Lipinski definition) is 3. The molecule has 1 saturated heterocycles. The van der Waals surface area contributed by atoms with Gasteiger partial charge in [-0.25, -0.2) is 0 Å². The highest BCUT2D eigenvalue weighted by atomic mass is 16.3. The summed E-state index contributed by atoms with van der Waals surface area (Å²) in [6.07, 6.45) is 3.02. The van der Waals surface area contributed by atoms with E-state index in [4.69, 9.17) is 0 Å². The van der Waals surface area contributed by atoms with Crippen molar-refractivity contribution in [2.24, 2.45) is 0 Å². The van der Waals surface area contributed by atoms with Gasteiger partial charge < -0.3 is 14.6 Å². The molecule has 0 saturated carbocycles. The molecule has 1 aliphatic rings. The lowest BCUT2D eigenvalue weighted by Crippen LogP contribution is -2.42. The highest BCUT2D eigenvalue weighted by Gasteiger charge is 2.25. The molecule has 2 aromatic heterocycles. The molecule has 3 heterocycles. The standard InChI is InChI=1S/C18H23N3O2/c1-13-10-17(18(23)20-9-5-7-16(22)12-20)14(2)21(13)11-15-6-3-4-8-19-15/h3-4,6,8,10,16,22H,5,7,9,11-12H2,1-2H3. The van der Waals surface area contributed by atoms with E-state index >= 15 is 0 Å². The number of piperidine rings is 1. The van der Waals surface area contributed by atoms with Crippen molar-refractivity contribution >= 4 is 5.91 Å². The summed E-state index contributed by atoms with van der Waals surface area (Å²) in [4.78, 5) is 18.9. The second kappa shape index (κ2) is 6.54. The van der Waals surface area contributed by atoms with E-state index in [1.54, 1.807) is 11.1 Å². The molecule has 1 fully saturated rings. The van der Waals surface area contributed by atoms with Crippen LogP contribution in [0.25, 0.3) is 0 Å². The van der Waals surface area contributed by atoms with Gasteiger partial charge in [-0.2, -0.15) is 0 Å². The van der Waals surface area contributed by atoms with Crippen molar-refractivity contribution in [1.29, 1.82) is 0 Å². The summed E-state index contributed by atoms with van der Waals surface area (Å²) in [5.74, 6) is 0.0177. The summed E-state index contributed by atoms with van der Waals surface area (Å²) < 4.78 is 2.12. The molecule has 23 heavy (non-hydrogen) atoms. The van der Waals surface area contributed by atoms with Gasteiger partial charge in [0.05, 0.1) is 23.9 Å². The molecule has 0 bridgehead atoms. The Morgan fingerprint density at radius 3 is 2.91 bits per heavy atom. The number of amides is 1. The predicted molar refractivity (Wildman–Crippen MR) is 88.4 cm³/mol. The smallest absolute Gasteiger partial charge is 0.255 e. The fourth-order valence-corrected chi connectivity index (χ4v) is 3.22. The maximum Gasteiger partial charge on any atom is 0.255 e. The first-order chi connectivity index (χ1) is 11.1. The topological polar surface area (TPSA) is 58.4 Å². The minimum atomic E-state index is -0.398. The second-order valence-corrected chi connectivity index (χ2v) is 6.24. The average molecular weight is 313 g/mol. The van der Waals surface area contributed by atoms with Gasteiger partial charge >= 0.3 is 0 Å². The number of hydrogen-bond donors (Lipinski definition) is 1. The van der Waals surface area contributed by atoms with E-state index in [1.807, 2.05) is 38.1 Å². The van der Waals surface area contributed by atoms with Crippen molar-refractivity contribution in [1.82, 2.24) is 14.5 Å². The Morgan fingerprint density at radius 1 is 1.39 bits per heavy atom. The maximum atomic E-state index is 12.8. The van der Waals surface area contributed by atoms with E-state index in [1.165, 1.54) is 0 Å². The number of aliphatic hydroxyl groups is 1. The van der Waals surface area contributed by atoms with Crippen molar-refractivity contribution in [3.8, 4) is 0 Å². The molecular formula is C18H23N3O2. The van der Waals surface area contributed by atoms with Crippen LogP contribution < -0.4 is 0 Å². The number of β-amino-alcohol motifs (C(OH)–C–C–N with tert-alkyl or cyclic N) is 1. The Kier molecular flexibility index (Phi) is 4.48. The SMILES string of the molecule is Cc1cc(C(=O)N2CCCC(O)C2)c(C)n1Cc1ccccn1. The zero-order valence-corrected chi connectivity index (χ0v) is 13.7. The largest absolute Gasteiger partial charge is 0.391 e. The van der Waals surface area contributed by atoms with Crippen LogP contribution in [0.4, 0.5) is 0 Å². The number of carbonyl (C=O) groups is 1. The number of aromatic nitrogens is 2.